The zero-order valence-electron chi connectivity index (χ0n) is 11.7. The van der Waals surface area contributed by atoms with Crippen molar-refractivity contribution in [2.45, 2.75) is 11.8 Å². The molecule has 5 heteroatoms. The van der Waals surface area contributed by atoms with Gasteiger partial charge in [0, 0.05) is 7.05 Å². The molecule has 0 heterocycles. The van der Waals surface area contributed by atoms with Gasteiger partial charge in [0.25, 0.3) is 10.0 Å². The third kappa shape index (κ3) is 2.63. The average Bonchev–Trinajstić information content (AvgIpc) is 2.47. The summed E-state index contributed by atoms with van der Waals surface area (Å²) >= 11 is 0. The molecule has 0 spiro atoms. The van der Waals surface area contributed by atoms with Crippen LogP contribution in [0.3, 0.4) is 0 Å². The van der Waals surface area contributed by atoms with E-state index in [4.69, 9.17) is 4.74 Å². The molecule has 2 rings (SSSR count). The molecule has 0 saturated carbocycles. The second kappa shape index (κ2) is 5.54. The summed E-state index contributed by atoms with van der Waals surface area (Å²) in [6.45, 7) is 1.91. The maximum atomic E-state index is 12.6. The van der Waals surface area contributed by atoms with E-state index in [-0.39, 0.29) is 4.90 Å². The van der Waals surface area contributed by atoms with Crippen LogP contribution in [0.2, 0.25) is 0 Å². The summed E-state index contributed by atoms with van der Waals surface area (Å²) in [5.41, 5.74) is 1.49. The van der Waals surface area contributed by atoms with Gasteiger partial charge in [0.05, 0.1) is 17.7 Å². The van der Waals surface area contributed by atoms with Crippen molar-refractivity contribution in [3.05, 3.63) is 54.1 Å². The van der Waals surface area contributed by atoms with Gasteiger partial charge in [0.1, 0.15) is 5.75 Å². The lowest BCUT2D eigenvalue weighted by molar-refractivity contribution is 0.415. The first-order valence-corrected chi connectivity index (χ1v) is 7.59. The smallest absolute Gasteiger partial charge is 0.264 e. The minimum atomic E-state index is -3.59. The first-order valence-electron chi connectivity index (χ1n) is 6.15. The molecule has 0 N–H and O–H groups in total. The van der Waals surface area contributed by atoms with Gasteiger partial charge >= 0.3 is 0 Å². The Balaban J connectivity index is 2.51. The van der Waals surface area contributed by atoms with Crippen molar-refractivity contribution in [3.63, 3.8) is 0 Å². The number of nitrogens with zero attached hydrogens (tertiary/aromatic N) is 1. The van der Waals surface area contributed by atoms with Crippen molar-refractivity contribution >= 4 is 15.7 Å². The number of benzene rings is 2. The zero-order valence-corrected chi connectivity index (χ0v) is 12.5. The summed E-state index contributed by atoms with van der Waals surface area (Å²) < 4.78 is 31.7. The number of methoxy groups -OCH3 is 1. The highest BCUT2D eigenvalue weighted by Gasteiger charge is 2.23. The van der Waals surface area contributed by atoms with E-state index in [9.17, 15) is 8.42 Å². The summed E-state index contributed by atoms with van der Waals surface area (Å²) in [6.07, 6.45) is 0. The molecule has 0 aliphatic carbocycles. The van der Waals surface area contributed by atoms with Crippen LogP contribution >= 0.6 is 0 Å². The summed E-state index contributed by atoms with van der Waals surface area (Å²) in [4.78, 5) is 0.256. The average molecular weight is 291 g/mol. The fourth-order valence-electron chi connectivity index (χ4n) is 1.93. The zero-order chi connectivity index (χ0) is 14.8. The summed E-state index contributed by atoms with van der Waals surface area (Å²) in [5, 5.41) is 0. The van der Waals surface area contributed by atoms with Crippen LogP contribution in [0, 0.1) is 6.92 Å². The van der Waals surface area contributed by atoms with E-state index in [1.54, 1.807) is 42.5 Å². The Morgan fingerprint density at radius 2 is 1.70 bits per heavy atom. The van der Waals surface area contributed by atoms with Crippen molar-refractivity contribution in [1.82, 2.24) is 0 Å². The van der Waals surface area contributed by atoms with Crippen LogP contribution in [0.15, 0.2) is 53.4 Å². The summed E-state index contributed by atoms with van der Waals surface area (Å²) in [5.74, 6) is 0.526. The predicted octanol–water partition coefficient (Wildman–Crippen LogP) is 2.83. The Morgan fingerprint density at radius 1 is 1.05 bits per heavy atom. The number of anilines is 1. The van der Waals surface area contributed by atoms with E-state index >= 15 is 0 Å². The van der Waals surface area contributed by atoms with Crippen LogP contribution in [0.1, 0.15) is 5.56 Å². The van der Waals surface area contributed by atoms with Crippen LogP contribution < -0.4 is 9.04 Å². The van der Waals surface area contributed by atoms with Gasteiger partial charge in [0.15, 0.2) is 0 Å². The van der Waals surface area contributed by atoms with E-state index < -0.39 is 10.0 Å². The molecule has 0 aliphatic heterocycles. The van der Waals surface area contributed by atoms with Crippen molar-refractivity contribution in [2.24, 2.45) is 0 Å². The van der Waals surface area contributed by atoms with Gasteiger partial charge < -0.3 is 4.74 Å². The monoisotopic (exact) mass is 291 g/mol. The third-order valence-corrected chi connectivity index (χ3v) is 4.86. The predicted molar refractivity (Wildman–Crippen MR) is 79.8 cm³/mol. The molecule has 0 aromatic heterocycles. The van der Waals surface area contributed by atoms with Gasteiger partial charge in [-0.1, -0.05) is 24.3 Å². The molecule has 106 valence electrons. The van der Waals surface area contributed by atoms with E-state index in [2.05, 4.69) is 0 Å². The van der Waals surface area contributed by atoms with Crippen molar-refractivity contribution in [1.29, 1.82) is 0 Å². The van der Waals surface area contributed by atoms with Crippen LogP contribution in [-0.2, 0) is 10.0 Å². The maximum absolute atomic E-state index is 12.6. The molecule has 4 nitrogen and oxygen atoms in total. The molecule has 0 saturated heterocycles. The van der Waals surface area contributed by atoms with E-state index in [0.717, 1.165) is 5.56 Å². The highest BCUT2D eigenvalue weighted by Crippen LogP contribution is 2.31. The normalized spacial score (nSPS) is 11.2. The Bertz CT molecular complexity index is 696. The van der Waals surface area contributed by atoms with Gasteiger partial charge in [0.2, 0.25) is 0 Å². The molecule has 0 bridgehead atoms. The van der Waals surface area contributed by atoms with Crippen LogP contribution in [-0.4, -0.2) is 22.6 Å². The number of rotatable bonds is 4. The summed E-state index contributed by atoms with van der Waals surface area (Å²) in [6, 6.07) is 13.8. The molecular formula is C15H17NO3S. The minimum absolute atomic E-state index is 0.256. The topological polar surface area (TPSA) is 46.6 Å². The molecular weight excluding hydrogens is 274 g/mol. The Morgan fingerprint density at radius 3 is 2.30 bits per heavy atom. The number of aryl methyl sites for hydroxylation is 1. The first kappa shape index (κ1) is 14.4. The maximum Gasteiger partial charge on any atom is 0.264 e. The van der Waals surface area contributed by atoms with Crippen LogP contribution in [0.5, 0.6) is 5.75 Å². The van der Waals surface area contributed by atoms with Gasteiger partial charge in [-0.05, 0) is 36.8 Å². The Hall–Kier alpha value is -2.01. The quantitative estimate of drug-likeness (QED) is 0.870. The standard InChI is InChI=1S/C15H17NO3S/c1-12-9-10-15(19-3)14(11-12)16(2)20(17,18)13-7-5-4-6-8-13/h4-11H,1-3H3. The van der Waals surface area contributed by atoms with Crippen LogP contribution in [0.25, 0.3) is 0 Å². The molecule has 0 aliphatic rings. The fourth-order valence-corrected chi connectivity index (χ4v) is 3.15. The lowest BCUT2D eigenvalue weighted by atomic mass is 10.2. The first-order chi connectivity index (χ1) is 9.46. The van der Waals surface area contributed by atoms with Gasteiger partial charge in [-0.15, -0.1) is 0 Å². The van der Waals surface area contributed by atoms with Gasteiger partial charge in [-0.2, -0.15) is 0 Å². The van der Waals surface area contributed by atoms with E-state index in [0.29, 0.717) is 11.4 Å². The molecule has 2 aromatic carbocycles. The third-order valence-electron chi connectivity index (χ3n) is 3.08. The fraction of sp³-hybridized carbons (Fsp3) is 0.200. The second-order valence-electron chi connectivity index (χ2n) is 4.46. The highest BCUT2D eigenvalue weighted by molar-refractivity contribution is 7.92. The largest absolute Gasteiger partial charge is 0.495 e. The molecule has 0 amide bonds. The molecule has 0 radical (unpaired) electrons. The SMILES string of the molecule is COc1ccc(C)cc1N(C)S(=O)(=O)c1ccccc1. The molecule has 0 fully saturated rings. The van der Waals surface area contributed by atoms with Gasteiger partial charge in [-0.25, -0.2) is 8.42 Å². The molecule has 0 atom stereocenters. The number of hydrogen-bond acceptors (Lipinski definition) is 3. The Labute approximate surface area is 119 Å². The van der Waals surface area contributed by atoms with E-state index in [1.165, 1.54) is 18.5 Å². The van der Waals surface area contributed by atoms with Crippen molar-refractivity contribution in [3.8, 4) is 5.75 Å². The van der Waals surface area contributed by atoms with Crippen molar-refractivity contribution in [2.75, 3.05) is 18.5 Å². The minimum Gasteiger partial charge on any atom is -0.495 e. The molecule has 0 unspecified atom stereocenters. The van der Waals surface area contributed by atoms with Gasteiger partial charge in [-0.3, -0.25) is 4.31 Å². The second-order valence-corrected chi connectivity index (χ2v) is 6.43. The number of hydrogen-bond donors (Lipinski definition) is 0. The van der Waals surface area contributed by atoms with Crippen molar-refractivity contribution < 1.29 is 13.2 Å². The van der Waals surface area contributed by atoms with E-state index in [1.807, 2.05) is 13.0 Å². The molecule has 2 aromatic rings. The molecule has 20 heavy (non-hydrogen) atoms. The highest BCUT2D eigenvalue weighted by atomic mass is 32.2. The number of sulfonamides is 1. The summed E-state index contributed by atoms with van der Waals surface area (Å²) in [7, 11) is -0.536. The Kier molecular flexibility index (Phi) is 3.99. The van der Waals surface area contributed by atoms with Crippen LogP contribution in [0.4, 0.5) is 5.69 Å². The lowest BCUT2D eigenvalue weighted by Crippen LogP contribution is -2.27. The lowest BCUT2D eigenvalue weighted by Gasteiger charge is -2.22. The number of ether oxygens (including phenoxy) is 1.